The highest BCUT2D eigenvalue weighted by Crippen LogP contribution is 2.50. The van der Waals surface area contributed by atoms with Crippen LogP contribution in [-0.4, -0.2) is 48.6 Å². The zero-order valence-electron chi connectivity index (χ0n) is 11.2. The largest absolute Gasteiger partial charge is 0.481 e. The van der Waals surface area contributed by atoms with Gasteiger partial charge in [0, 0.05) is 0 Å². The van der Waals surface area contributed by atoms with Crippen molar-refractivity contribution in [1.29, 1.82) is 0 Å². The lowest BCUT2D eigenvalue weighted by Gasteiger charge is -2.36. The van der Waals surface area contributed by atoms with Gasteiger partial charge in [0.1, 0.15) is 5.92 Å². The Kier molecular flexibility index (Phi) is 3.99. The second kappa shape index (κ2) is 5.51. The summed E-state index contributed by atoms with van der Waals surface area (Å²) in [5, 5.41) is 37.6. The van der Waals surface area contributed by atoms with Crippen LogP contribution in [0.3, 0.4) is 0 Å². The van der Waals surface area contributed by atoms with Crippen molar-refractivity contribution in [3.05, 3.63) is 41.0 Å². The SMILES string of the molecule is O=C(O)C1=C(C(=O)O)C(Br)(C(=O)O)C(C(=O)O)c2ccccc21. The number of carboxylic acids is 4. The van der Waals surface area contributed by atoms with Crippen LogP contribution in [0, 0.1) is 0 Å². The molecular formula is C14H9BrO8. The van der Waals surface area contributed by atoms with Crippen LogP contribution in [0.4, 0.5) is 0 Å². The predicted octanol–water partition coefficient (Wildman–Crippen LogP) is 1.01. The van der Waals surface area contributed by atoms with Gasteiger partial charge in [0.05, 0.1) is 11.1 Å². The molecule has 4 N–H and O–H groups in total. The number of alkyl halides is 1. The molecule has 23 heavy (non-hydrogen) atoms. The fourth-order valence-corrected chi connectivity index (χ4v) is 3.48. The molecule has 0 heterocycles. The van der Waals surface area contributed by atoms with E-state index in [0.717, 1.165) is 0 Å². The highest BCUT2D eigenvalue weighted by atomic mass is 79.9. The number of halogens is 1. The minimum Gasteiger partial charge on any atom is -0.481 e. The third-order valence-electron chi connectivity index (χ3n) is 3.54. The van der Waals surface area contributed by atoms with Gasteiger partial charge in [-0.05, 0) is 11.1 Å². The summed E-state index contributed by atoms with van der Waals surface area (Å²) in [7, 11) is 0. The Balaban J connectivity index is 3.05. The van der Waals surface area contributed by atoms with Gasteiger partial charge in [0.2, 0.25) is 0 Å². The molecule has 120 valence electrons. The molecule has 0 aliphatic heterocycles. The van der Waals surface area contributed by atoms with Gasteiger partial charge in [-0.1, -0.05) is 40.2 Å². The minimum atomic E-state index is -2.62. The van der Waals surface area contributed by atoms with Crippen molar-refractivity contribution in [2.24, 2.45) is 0 Å². The van der Waals surface area contributed by atoms with Gasteiger partial charge in [-0.25, -0.2) is 9.59 Å². The molecule has 0 amide bonds. The third-order valence-corrected chi connectivity index (χ3v) is 4.73. The van der Waals surface area contributed by atoms with Crippen LogP contribution in [0.25, 0.3) is 5.57 Å². The second-order valence-electron chi connectivity index (χ2n) is 4.74. The molecule has 0 saturated heterocycles. The van der Waals surface area contributed by atoms with E-state index in [1.165, 1.54) is 24.3 Å². The number of rotatable bonds is 4. The fourth-order valence-electron chi connectivity index (χ4n) is 2.67. The number of carbonyl (C=O) groups is 4. The first-order valence-electron chi connectivity index (χ1n) is 6.09. The van der Waals surface area contributed by atoms with Crippen LogP contribution in [0.2, 0.25) is 0 Å². The molecule has 1 aromatic rings. The van der Waals surface area contributed by atoms with Gasteiger partial charge in [0.15, 0.2) is 4.32 Å². The smallest absolute Gasteiger partial charge is 0.336 e. The van der Waals surface area contributed by atoms with Crippen molar-refractivity contribution >= 4 is 45.4 Å². The molecule has 1 aliphatic carbocycles. The monoisotopic (exact) mass is 384 g/mol. The van der Waals surface area contributed by atoms with E-state index in [4.69, 9.17) is 0 Å². The normalized spacial score (nSPS) is 23.1. The molecule has 0 spiro atoms. The van der Waals surface area contributed by atoms with Gasteiger partial charge >= 0.3 is 23.9 Å². The van der Waals surface area contributed by atoms with Crippen LogP contribution < -0.4 is 0 Å². The molecular weight excluding hydrogens is 376 g/mol. The Labute approximate surface area is 136 Å². The van der Waals surface area contributed by atoms with Crippen LogP contribution in [-0.2, 0) is 19.2 Å². The Morgan fingerprint density at radius 3 is 1.96 bits per heavy atom. The lowest BCUT2D eigenvalue weighted by Crippen LogP contribution is -2.49. The summed E-state index contributed by atoms with van der Waals surface area (Å²) < 4.78 is -2.62. The van der Waals surface area contributed by atoms with Gasteiger partial charge in [-0.15, -0.1) is 0 Å². The molecule has 0 saturated carbocycles. The van der Waals surface area contributed by atoms with Crippen LogP contribution >= 0.6 is 15.9 Å². The van der Waals surface area contributed by atoms with Crippen molar-refractivity contribution in [3.8, 4) is 0 Å². The summed E-state index contributed by atoms with van der Waals surface area (Å²) in [4.78, 5) is 46.4. The molecule has 1 aromatic carbocycles. The molecule has 2 atom stereocenters. The molecule has 2 unspecified atom stereocenters. The Bertz CT molecular complexity index is 781. The van der Waals surface area contributed by atoms with Crippen molar-refractivity contribution in [2.45, 2.75) is 10.2 Å². The number of hydrogen-bond acceptors (Lipinski definition) is 4. The Morgan fingerprint density at radius 2 is 1.52 bits per heavy atom. The first-order chi connectivity index (χ1) is 10.6. The van der Waals surface area contributed by atoms with E-state index in [-0.39, 0.29) is 11.1 Å². The summed E-state index contributed by atoms with van der Waals surface area (Å²) in [5.41, 5.74) is -2.03. The van der Waals surface area contributed by atoms with Crippen LogP contribution in [0.15, 0.2) is 29.8 Å². The quantitative estimate of drug-likeness (QED) is 0.561. The highest BCUT2D eigenvalue weighted by Gasteiger charge is 2.59. The average Bonchev–Trinajstić information content (AvgIpc) is 2.44. The third kappa shape index (κ3) is 2.29. The van der Waals surface area contributed by atoms with Crippen LogP contribution in [0.1, 0.15) is 17.0 Å². The predicted molar refractivity (Wildman–Crippen MR) is 78.3 cm³/mol. The van der Waals surface area contributed by atoms with Gasteiger partial charge < -0.3 is 20.4 Å². The molecule has 0 bridgehead atoms. The number of carboxylic acid groups (broad SMARTS) is 4. The molecule has 0 radical (unpaired) electrons. The number of fused-ring (bicyclic) bond motifs is 1. The topological polar surface area (TPSA) is 149 Å². The second-order valence-corrected chi connectivity index (χ2v) is 5.99. The first kappa shape index (κ1) is 16.7. The van der Waals surface area contributed by atoms with E-state index < -0.39 is 45.3 Å². The molecule has 0 aromatic heterocycles. The zero-order chi connectivity index (χ0) is 17.5. The van der Waals surface area contributed by atoms with E-state index >= 15 is 0 Å². The fraction of sp³-hybridized carbons (Fsp3) is 0.143. The van der Waals surface area contributed by atoms with Gasteiger partial charge in [-0.2, -0.15) is 0 Å². The first-order valence-corrected chi connectivity index (χ1v) is 6.89. The van der Waals surface area contributed by atoms with Crippen LogP contribution in [0.5, 0.6) is 0 Å². The molecule has 2 rings (SSSR count). The molecule has 0 fully saturated rings. The lowest BCUT2D eigenvalue weighted by atomic mass is 9.71. The average molecular weight is 385 g/mol. The molecule has 9 heteroatoms. The maximum Gasteiger partial charge on any atom is 0.336 e. The van der Waals surface area contributed by atoms with Gasteiger partial charge in [-0.3, -0.25) is 9.59 Å². The van der Waals surface area contributed by atoms with E-state index in [9.17, 15) is 39.6 Å². The number of aliphatic carboxylic acids is 4. The van der Waals surface area contributed by atoms with Gasteiger partial charge in [0.25, 0.3) is 0 Å². The standard InChI is InChI=1S/C14H9BrO8/c15-14(13(22)23)8(11(18)19)6-4-2-1-3-5(6)7(10(16)17)9(14)12(20)21/h1-4,8H,(H,16,17)(H,18,19)(H,20,21)(H,22,23). The lowest BCUT2D eigenvalue weighted by molar-refractivity contribution is -0.148. The molecule has 1 aliphatic rings. The van der Waals surface area contributed by atoms with E-state index in [2.05, 4.69) is 15.9 Å². The van der Waals surface area contributed by atoms with E-state index in [1.807, 2.05) is 0 Å². The summed E-state index contributed by atoms with van der Waals surface area (Å²) in [6.07, 6.45) is 0. The van der Waals surface area contributed by atoms with Crippen molar-refractivity contribution < 1.29 is 39.6 Å². The van der Waals surface area contributed by atoms with E-state index in [1.54, 1.807) is 0 Å². The van der Waals surface area contributed by atoms with E-state index in [0.29, 0.717) is 0 Å². The Morgan fingerprint density at radius 1 is 0.957 bits per heavy atom. The Hall–Kier alpha value is -2.68. The summed E-state index contributed by atoms with van der Waals surface area (Å²) in [6.45, 7) is 0. The van der Waals surface area contributed by atoms with Crippen molar-refractivity contribution in [3.63, 3.8) is 0 Å². The van der Waals surface area contributed by atoms with Crippen molar-refractivity contribution in [2.75, 3.05) is 0 Å². The summed E-state index contributed by atoms with van der Waals surface area (Å²) in [6, 6.07) is 5.32. The summed E-state index contributed by atoms with van der Waals surface area (Å²) in [5.74, 6) is -8.72. The zero-order valence-corrected chi connectivity index (χ0v) is 12.8. The molecule has 8 nitrogen and oxygen atoms in total. The maximum atomic E-state index is 11.7. The maximum absolute atomic E-state index is 11.7. The number of benzene rings is 1. The summed E-state index contributed by atoms with van der Waals surface area (Å²) >= 11 is 2.69. The number of hydrogen-bond donors (Lipinski definition) is 4. The highest BCUT2D eigenvalue weighted by molar-refractivity contribution is 9.10. The minimum absolute atomic E-state index is 0.0957. The van der Waals surface area contributed by atoms with Crippen molar-refractivity contribution in [1.82, 2.24) is 0 Å².